The molecule has 0 saturated carbocycles. The number of rotatable bonds is 3. The first-order chi connectivity index (χ1) is 14.5. The van der Waals surface area contributed by atoms with Gasteiger partial charge in [-0.1, -0.05) is 53.2 Å². The highest BCUT2D eigenvalue weighted by atomic mass is 79.9. The molecule has 0 bridgehead atoms. The quantitative estimate of drug-likeness (QED) is 0.622. The number of hydrogen-bond donors (Lipinski definition) is 1. The minimum absolute atomic E-state index is 0.0112. The van der Waals surface area contributed by atoms with E-state index in [4.69, 9.17) is 0 Å². The normalized spacial score (nSPS) is 22.2. The van der Waals surface area contributed by atoms with E-state index in [0.29, 0.717) is 6.42 Å². The third kappa shape index (κ3) is 2.88. The first-order valence-electron chi connectivity index (χ1n) is 10.5. The maximum atomic E-state index is 13.5. The molecule has 2 aromatic carbocycles. The number of H-pyrrole nitrogens is 1. The number of benzene rings is 2. The number of nitrogens with one attached hydrogen (secondary N) is 1. The molecule has 2 amide bonds. The number of aromatic amines is 1. The van der Waals surface area contributed by atoms with E-state index in [1.54, 1.807) is 4.90 Å². The molecule has 2 aliphatic rings. The molecule has 1 fully saturated rings. The van der Waals surface area contributed by atoms with Gasteiger partial charge in [-0.3, -0.25) is 9.59 Å². The maximum absolute atomic E-state index is 13.5. The Morgan fingerprint density at radius 2 is 1.87 bits per heavy atom. The third-order valence-corrected chi connectivity index (χ3v) is 7.13. The van der Waals surface area contributed by atoms with E-state index < -0.39 is 6.04 Å². The van der Waals surface area contributed by atoms with E-state index in [1.165, 1.54) is 0 Å². The Morgan fingerprint density at radius 3 is 2.60 bits per heavy atom. The van der Waals surface area contributed by atoms with Crippen molar-refractivity contribution in [3.8, 4) is 0 Å². The van der Waals surface area contributed by atoms with Gasteiger partial charge < -0.3 is 14.8 Å². The molecule has 0 spiro atoms. The van der Waals surface area contributed by atoms with Gasteiger partial charge in [0.15, 0.2) is 0 Å². The van der Waals surface area contributed by atoms with Crippen molar-refractivity contribution in [2.75, 3.05) is 6.54 Å². The molecule has 5 nitrogen and oxygen atoms in total. The summed E-state index contributed by atoms with van der Waals surface area (Å²) in [4.78, 5) is 34.1. The van der Waals surface area contributed by atoms with Gasteiger partial charge >= 0.3 is 0 Å². The lowest BCUT2D eigenvalue weighted by Crippen LogP contribution is -2.64. The van der Waals surface area contributed by atoms with Crippen LogP contribution in [0.1, 0.15) is 43.1 Å². The average molecular weight is 466 g/mol. The molecule has 2 aliphatic heterocycles. The van der Waals surface area contributed by atoms with E-state index in [2.05, 4.69) is 40.0 Å². The Balaban J connectivity index is 1.70. The van der Waals surface area contributed by atoms with Gasteiger partial charge in [0.1, 0.15) is 12.6 Å². The first kappa shape index (κ1) is 19.4. The second kappa shape index (κ2) is 7.27. The number of aromatic nitrogens is 1. The van der Waals surface area contributed by atoms with E-state index in [9.17, 15) is 9.59 Å². The summed E-state index contributed by atoms with van der Waals surface area (Å²) < 4.78 is 0.986. The molecular formula is C24H24BrN3O2. The van der Waals surface area contributed by atoms with Gasteiger partial charge in [0.05, 0.1) is 6.04 Å². The molecule has 0 radical (unpaired) electrons. The molecular weight excluding hydrogens is 442 g/mol. The highest BCUT2D eigenvalue weighted by molar-refractivity contribution is 9.10. The topological polar surface area (TPSA) is 56.4 Å². The second-order valence-electron chi connectivity index (χ2n) is 8.26. The Labute approximate surface area is 184 Å². The van der Waals surface area contributed by atoms with Gasteiger partial charge in [0.25, 0.3) is 0 Å². The molecule has 0 unspecified atom stereocenters. The fourth-order valence-electron chi connectivity index (χ4n) is 4.87. The van der Waals surface area contributed by atoms with E-state index in [0.717, 1.165) is 38.6 Å². The van der Waals surface area contributed by atoms with Gasteiger partial charge in [-0.15, -0.1) is 0 Å². The molecule has 1 N–H and O–H groups in total. The third-order valence-electron chi connectivity index (χ3n) is 6.60. The summed E-state index contributed by atoms with van der Waals surface area (Å²) in [7, 11) is 0. The van der Waals surface area contributed by atoms with Gasteiger partial charge in [-0.25, -0.2) is 0 Å². The zero-order valence-electron chi connectivity index (χ0n) is 17.1. The van der Waals surface area contributed by atoms with Crippen molar-refractivity contribution >= 4 is 38.6 Å². The average Bonchev–Trinajstić information content (AvgIpc) is 3.13. The summed E-state index contributed by atoms with van der Waals surface area (Å²) in [5.74, 6) is 0.0686. The highest BCUT2D eigenvalue weighted by Crippen LogP contribution is 2.42. The molecule has 5 rings (SSSR count). The van der Waals surface area contributed by atoms with E-state index in [-0.39, 0.29) is 30.4 Å². The number of carbonyl (C=O) groups excluding carboxylic acids is 2. The lowest BCUT2D eigenvalue weighted by Gasteiger charge is -2.48. The molecule has 1 aromatic heterocycles. The smallest absolute Gasteiger partial charge is 0.246 e. The van der Waals surface area contributed by atoms with Crippen molar-refractivity contribution < 1.29 is 9.59 Å². The highest BCUT2D eigenvalue weighted by Gasteiger charge is 2.48. The van der Waals surface area contributed by atoms with Crippen LogP contribution in [0.5, 0.6) is 0 Å². The van der Waals surface area contributed by atoms with Crippen LogP contribution >= 0.6 is 15.9 Å². The predicted molar refractivity (Wildman–Crippen MR) is 120 cm³/mol. The lowest BCUT2D eigenvalue weighted by atomic mass is 9.86. The molecule has 3 atom stereocenters. The number of amides is 2. The maximum Gasteiger partial charge on any atom is 0.246 e. The molecule has 3 heterocycles. The van der Waals surface area contributed by atoms with Crippen LogP contribution in [0.2, 0.25) is 0 Å². The summed E-state index contributed by atoms with van der Waals surface area (Å²) in [6.45, 7) is 4.22. The van der Waals surface area contributed by atoms with Crippen LogP contribution in [0.3, 0.4) is 0 Å². The van der Waals surface area contributed by atoms with Crippen molar-refractivity contribution in [3.63, 3.8) is 0 Å². The minimum atomic E-state index is -0.472. The van der Waals surface area contributed by atoms with Crippen molar-refractivity contribution in [2.45, 2.75) is 44.8 Å². The number of para-hydroxylation sites is 1. The first-order valence-corrected chi connectivity index (χ1v) is 11.3. The minimum Gasteiger partial charge on any atom is -0.356 e. The number of carbonyl (C=O) groups is 2. The number of piperazine rings is 1. The largest absolute Gasteiger partial charge is 0.356 e. The van der Waals surface area contributed by atoms with Gasteiger partial charge in [0.2, 0.25) is 11.8 Å². The zero-order valence-corrected chi connectivity index (χ0v) is 18.6. The second-order valence-corrected chi connectivity index (χ2v) is 9.18. The van der Waals surface area contributed by atoms with Crippen LogP contribution in [-0.2, 0) is 16.0 Å². The molecule has 0 aliphatic carbocycles. The van der Waals surface area contributed by atoms with Crippen LogP contribution in [0.4, 0.5) is 0 Å². The Bertz CT molecular complexity index is 1140. The van der Waals surface area contributed by atoms with Crippen LogP contribution in [0.15, 0.2) is 53.0 Å². The summed E-state index contributed by atoms with van der Waals surface area (Å²) in [5, 5.41) is 1.13. The van der Waals surface area contributed by atoms with Crippen LogP contribution in [0, 0.1) is 0 Å². The summed E-state index contributed by atoms with van der Waals surface area (Å²) in [6.07, 6.45) is 1.38. The fraction of sp³-hybridized carbons (Fsp3) is 0.333. The lowest BCUT2D eigenvalue weighted by molar-refractivity contribution is -0.160. The van der Waals surface area contributed by atoms with Crippen LogP contribution in [-0.4, -0.2) is 45.2 Å². The Morgan fingerprint density at radius 1 is 1.13 bits per heavy atom. The standard InChI is InChI=1S/C24H24BrN3O2/c1-3-14(2)27-13-21(29)28-20(24(27)30)12-18-17-6-4-5-7-19(17)26-22(18)23(28)15-8-10-16(25)11-9-15/h4-11,14,20,23,26H,3,12-13H2,1-2H3/t14-,20+,23+/m1/s1. The van der Waals surface area contributed by atoms with E-state index in [1.807, 2.05) is 48.2 Å². The number of hydrogen-bond acceptors (Lipinski definition) is 2. The van der Waals surface area contributed by atoms with Crippen molar-refractivity contribution in [3.05, 3.63) is 69.8 Å². The van der Waals surface area contributed by atoms with Crippen molar-refractivity contribution in [2.24, 2.45) is 0 Å². The zero-order chi connectivity index (χ0) is 21.0. The van der Waals surface area contributed by atoms with Crippen molar-refractivity contribution in [1.29, 1.82) is 0 Å². The monoisotopic (exact) mass is 465 g/mol. The molecule has 154 valence electrons. The summed E-state index contributed by atoms with van der Waals surface area (Å²) >= 11 is 3.50. The molecule has 30 heavy (non-hydrogen) atoms. The van der Waals surface area contributed by atoms with Crippen LogP contribution in [0.25, 0.3) is 10.9 Å². The van der Waals surface area contributed by atoms with Gasteiger partial charge in [-0.05, 0) is 42.7 Å². The van der Waals surface area contributed by atoms with Crippen molar-refractivity contribution in [1.82, 2.24) is 14.8 Å². The SMILES string of the molecule is CC[C@@H](C)N1CC(=O)N2[C@@H](c3ccc(Br)cc3)c3[nH]c4ccccc4c3C[C@H]2C1=O. The molecule has 1 saturated heterocycles. The Kier molecular flexibility index (Phi) is 4.69. The Hall–Kier alpha value is -2.60. The molecule has 3 aromatic rings. The van der Waals surface area contributed by atoms with Crippen LogP contribution < -0.4 is 0 Å². The van der Waals surface area contributed by atoms with Gasteiger partial charge in [0, 0.05) is 33.5 Å². The summed E-state index contributed by atoms with van der Waals surface area (Å²) in [6, 6.07) is 15.5. The summed E-state index contributed by atoms with van der Waals surface area (Å²) in [5.41, 5.74) is 4.22. The predicted octanol–water partition coefficient (Wildman–Crippen LogP) is 4.41. The van der Waals surface area contributed by atoms with Gasteiger partial charge in [-0.2, -0.15) is 0 Å². The van der Waals surface area contributed by atoms with E-state index >= 15 is 0 Å². The molecule has 6 heteroatoms. The number of fused-ring (bicyclic) bond motifs is 4. The number of halogens is 1. The fourth-order valence-corrected chi connectivity index (χ4v) is 5.14. The number of nitrogens with zero attached hydrogens (tertiary/aromatic N) is 2.